The number of rotatable bonds is 3. The average molecular weight is 230 g/mol. The highest BCUT2D eigenvalue weighted by Gasteiger charge is 2.00. The Hall–Kier alpha value is -1.90. The first-order valence-electron chi connectivity index (χ1n) is 5.56. The van der Waals surface area contributed by atoms with Crippen LogP contribution in [0.25, 0.3) is 0 Å². The SMILES string of the molecule is Cc1cc(F)cc(NCc2cnccc2C)c1. The summed E-state index contributed by atoms with van der Waals surface area (Å²) in [5.74, 6) is -0.213. The van der Waals surface area contributed by atoms with Crippen molar-refractivity contribution in [2.45, 2.75) is 20.4 Å². The number of pyridine rings is 1. The van der Waals surface area contributed by atoms with Gasteiger partial charge in [0.25, 0.3) is 0 Å². The fraction of sp³-hybridized carbons (Fsp3) is 0.214. The summed E-state index contributed by atoms with van der Waals surface area (Å²) in [6, 6.07) is 6.90. The van der Waals surface area contributed by atoms with Gasteiger partial charge in [-0.2, -0.15) is 0 Å². The van der Waals surface area contributed by atoms with Gasteiger partial charge in [0.15, 0.2) is 0 Å². The van der Waals surface area contributed by atoms with Crippen molar-refractivity contribution in [3.8, 4) is 0 Å². The highest BCUT2D eigenvalue weighted by molar-refractivity contribution is 5.46. The Bertz CT molecular complexity index is 503. The van der Waals surface area contributed by atoms with Crippen molar-refractivity contribution >= 4 is 5.69 Å². The third-order valence-corrected chi connectivity index (χ3v) is 2.67. The Kier molecular flexibility index (Phi) is 3.38. The first-order valence-corrected chi connectivity index (χ1v) is 5.56. The summed E-state index contributed by atoms with van der Waals surface area (Å²) < 4.78 is 13.2. The van der Waals surface area contributed by atoms with E-state index in [4.69, 9.17) is 0 Å². The monoisotopic (exact) mass is 230 g/mol. The minimum absolute atomic E-state index is 0.213. The summed E-state index contributed by atoms with van der Waals surface area (Å²) in [4.78, 5) is 4.08. The van der Waals surface area contributed by atoms with Crippen molar-refractivity contribution < 1.29 is 4.39 Å². The zero-order valence-corrected chi connectivity index (χ0v) is 10.00. The molecule has 0 fully saturated rings. The normalized spacial score (nSPS) is 10.3. The van der Waals surface area contributed by atoms with E-state index in [2.05, 4.69) is 10.3 Å². The second kappa shape index (κ2) is 4.95. The number of aromatic nitrogens is 1. The second-order valence-electron chi connectivity index (χ2n) is 4.17. The van der Waals surface area contributed by atoms with E-state index in [0.717, 1.165) is 16.8 Å². The van der Waals surface area contributed by atoms with E-state index in [-0.39, 0.29) is 5.82 Å². The smallest absolute Gasteiger partial charge is 0.125 e. The lowest BCUT2D eigenvalue weighted by Crippen LogP contribution is -2.02. The first kappa shape index (κ1) is 11.6. The third-order valence-electron chi connectivity index (χ3n) is 2.67. The summed E-state index contributed by atoms with van der Waals surface area (Å²) in [5, 5.41) is 3.20. The van der Waals surface area contributed by atoms with Gasteiger partial charge in [-0.05, 0) is 54.8 Å². The van der Waals surface area contributed by atoms with Crippen LogP contribution in [0.1, 0.15) is 16.7 Å². The first-order chi connectivity index (χ1) is 8.15. The molecule has 0 aliphatic rings. The molecule has 0 saturated carbocycles. The Morgan fingerprint density at radius 2 is 2.06 bits per heavy atom. The van der Waals surface area contributed by atoms with Crippen LogP contribution < -0.4 is 5.32 Å². The van der Waals surface area contributed by atoms with Crippen molar-refractivity contribution in [3.05, 3.63) is 59.2 Å². The molecule has 17 heavy (non-hydrogen) atoms. The molecule has 0 aliphatic heterocycles. The Labute approximate surface area is 101 Å². The number of hydrogen-bond donors (Lipinski definition) is 1. The molecule has 2 rings (SSSR count). The Balaban J connectivity index is 2.10. The van der Waals surface area contributed by atoms with Crippen LogP contribution in [-0.4, -0.2) is 4.98 Å². The molecular weight excluding hydrogens is 215 g/mol. The fourth-order valence-electron chi connectivity index (χ4n) is 1.72. The van der Waals surface area contributed by atoms with Crippen LogP contribution >= 0.6 is 0 Å². The molecule has 1 aromatic heterocycles. The van der Waals surface area contributed by atoms with Gasteiger partial charge in [0.1, 0.15) is 5.82 Å². The van der Waals surface area contributed by atoms with Crippen molar-refractivity contribution in [1.82, 2.24) is 4.98 Å². The minimum Gasteiger partial charge on any atom is -0.381 e. The Morgan fingerprint density at radius 1 is 1.24 bits per heavy atom. The summed E-state index contributed by atoms with van der Waals surface area (Å²) in [6.07, 6.45) is 3.60. The van der Waals surface area contributed by atoms with E-state index >= 15 is 0 Å². The number of benzene rings is 1. The molecule has 88 valence electrons. The van der Waals surface area contributed by atoms with Gasteiger partial charge in [-0.1, -0.05) is 0 Å². The summed E-state index contributed by atoms with van der Waals surface area (Å²) in [5.41, 5.74) is 4.01. The minimum atomic E-state index is -0.213. The van der Waals surface area contributed by atoms with Crippen molar-refractivity contribution in [2.75, 3.05) is 5.32 Å². The maximum Gasteiger partial charge on any atom is 0.125 e. The summed E-state index contributed by atoms with van der Waals surface area (Å²) in [7, 11) is 0. The molecule has 3 heteroatoms. The number of halogens is 1. The van der Waals surface area contributed by atoms with Gasteiger partial charge in [-0.3, -0.25) is 4.98 Å². The maximum absolute atomic E-state index is 13.2. The van der Waals surface area contributed by atoms with E-state index in [0.29, 0.717) is 6.54 Å². The van der Waals surface area contributed by atoms with Crippen LogP contribution in [0.4, 0.5) is 10.1 Å². The summed E-state index contributed by atoms with van der Waals surface area (Å²) >= 11 is 0. The largest absolute Gasteiger partial charge is 0.381 e. The quantitative estimate of drug-likeness (QED) is 0.873. The van der Waals surface area contributed by atoms with Gasteiger partial charge < -0.3 is 5.32 Å². The highest BCUT2D eigenvalue weighted by atomic mass is 19.1. The molecule has 0 aliphatic carbocycles. The Morgan fingerprint density at radius 3 is 2.76 bits per heavy atom. The zero-order valence-electron chi connectivity index (χ0n) is 10.00. The van der Waals surface area contributed by atoms with E-state index in [1.54, 1.807) is 6.20 Å². The van der Waals surface area contributed by atoms with Crippen LogP contribution in [0, 0.1) is 19.7 Å². The standard InChI is InChI=1S/C14H15FN2/c1-10-5-13(15)7-14(6-10)17-9-12-8-16-4-3-11(12)2/h3-8,17H,9H2,1-2H3. The van der Waals surface area contributed by atoms with Gasteiger partial charge in [0, 0.05) is 24.6 Å². The van der Waals surface area contributed by atoms with Gasteiger partial charge in [-0.25, -0.2) is 4.39 Å². The number of anilines is 1. The molecule has 0 unspecified atom stereocenters. The maximum atomic E-state index is 13.2. The topological polar surface area (TPSA) is 24.9 Å². The van der Waals surface area contributed by atoms with Crippen LogP contribution in [0.2, 0.25) is 0 Å². The van der Waals surface area contributed by atoms with Crippen molar-refractivity contribution in [1.29, 1.82) is 0 Å². The van der Waals surface area contributed by atoms with Crippen molar-refractivity contribution in [3.63, 3.8) is 0 Å². The molecule has 2 nitrogen and oxygen atoms in total. The van der Waals surface area contributed by atoms with Crippen LogP contribution in [0.5, 0.6) is 0 Å². The van der Waals surface area contributed by atoms with E-state index in [1.807, 2.05) is 32.2 Å². The predicted molar refractivity (Wildman–Crippen MR) is 67.4 cm³/mol. The number of hydrogen-bond acceptors (Lipinski definition) is 2. The molecule has 0 bridgehead atoms. The molecule has 1 heterocycles. The fourth-order valence-corrected chi connectivity index (χ4v) is 1.72. The number of nitrogens with one attached hydrogen (secondary N) is 1. The lowest BCUT2D eigenvalue weighted by atomic mass is 10.1. The molecule has 1 N–H and O–H groups in total. The van der Waals surface area contributed by atoms with Crippen molar-refractivity contribution in [2.24, 2.45) is 0 Å². The van der Waals surface area contributed by atoms with Crippen LogP contribution in [0.15, 0.2) is 36.7 Å². The molecule has 0 amide bonds. The molecule has 0 spiro atoms. The molecule has 0 atom stereocenters. The predicted octanol–water partition coefficient (Wildman–Crippen LogP) is 3.45. The van der Waals surface area contributed by atoms with Crippen LogP contribution in [-0.2, 0) is 6.54 Å². The summed E-state index contributed by atoms with van der Waals surface area (Å²) in [6.45, 7) is 4.57. The molecule has 0 radical (unpaired) electrons. The molecule has 0 saturated heterocycles. The van der Waals surface area contributed by atoms with Gasteiger partial charge in [-0.15, -0.1) is 0 Å². The highest BCUT2D eigenvalue weighted by Crippen LogP contribution is 2.15. The van der Waals surface area contributed by atoms with E-state index < -0.39 is 0 Å². The number of aryl methyl sites for hydroxylation is 2. The van der Waals surface area contributed by atoms with Gasteiger partial charge in [0.05, 0.1) is 0 Å². The van der Waals surface area contributed by atoms with Gasteiger partial charge >= 0.3 is 0 Å². The lowest BCUT2D eigenvalue weighted by molar-refractivity contribution is 0.627. The lowest BCUT2D eigenvalue weighted by Gasteiger charge is -2.09. The zero-order chi connectivity index (χ0) is 12.3. The van der Waals surface area contributed by atoms with E-state index in [1.165, 1.54) is 17.7 Å². The number of nitrogens with zero attached hydrogens (tertiary/aromatic N) is 1. The average Bonchev–Trinajstić information content (AvgIpc) is 2.27. The molecule has 2 aromatic rings. The third kappa shape index (κ3) is 3.03. The molecular formula is C14H15FN2. The molecule has 1 aromatic carbocycles. The van der Waals surface area contributed by atoms with Gasteiger partial charge in [0.2, 0.25) is 0 Å². The van der Waals surface area contributed by atoms with Crippen LogP contribution in [0.3, 0.4) is 0 Å². The van der Waals surface area contributed by atoms with E-state index in [9.17, 15) is 4.39 Å². The second-order valence-corrected chi connectivity index (χ2v) is 4.17.